The molecule has 0 radical (unpaired) electrons. The molecule has 1 aliphatic heterocycles. The third-order valence-electron chi connectivity index (χ3n) is 2.85. The molecule has 0 fully saturated rings. The Bertz CT molecular complexity index is 719. The Labute approximate surface area is 120 Å². The van der Waals surface area contributed by atoms with Crippen LogP contribution >= 0.6 is 23.5 Å². The summed E-state index contributed by atoms with van der Waals surface area (Å²) in [6.45, 7) is 0. The number of carbonyl (C=O) groups excluding carboxylic acids is 1. The van der Waals surface area contributed by atoms with Gasteiger partial charge in [0.15, 0.2) is 0 Å². The van der Waals surface area contributed by atoms with E-state index in [1.165, 1.54) is 34.3 Å². The summed E-state index contributed by atoms with van der Waals surface area (Å²) in [5.74, 6) is 0. The monoisotopic (exact) mass is 285 g/mol. The predicted octanol–water partition coefficient (Wildman–Crippen LogP) is 4.17. The fourth-order valence-electron chi connectivity index (χ4n) is 1.93. The van der Waals surface area contributed by atoms with E-state index in [0.29, 0.717) is 5.70 Å². The van der Waals surface area contributed by atoms with Crippen LogP contribution in [0.3, 0.4) is 0 Å². The standard InChI is InChI=1S/C15H11NOS2/c1-18-15-16-13(14(17)19-15)9-10-6-7-11-4-2-3-5-12(11)8-10/h2-9H,1H3/b13-9+. The fourth-order valence-corrected chi connectivity index (χ4v) is 3.19. The van der Waals surface area contributed by atoms with Gasteiger partial charge in [-0.1, -0.05) is 36.4 Å². The van der Waals surface area contributed by atoms with Crippen LogP contribution in [0, 0.1) is 0 Å². The Hall–Kier alpha value is -1.52. The molecule has 1 heterocycles. The highest BCUT2D eigenvalue weighted by Gasteiger charge is 2.21. The highest BCUT2D eigenvalue weighted by molar-refractivity contribution is 8.45. The summed E-state index contributed by atoms with van der Waals surface area (Å²) in [5, 5.41) is 2.40. The van der Waals surface area contributed by atoms with E-state index in [1.807, 2.05) is 30.5 Å². The number of rotatable bonds is 1. The smallest absolute Gasteiger partial charge is 0.244 e. The maximum Gasteiger partial charge on any atom is 0.244 e. The molecule has 0 aliphatic carbocycles. The SMILES string of the molecule is CSC1=N/C(=C/c2ccc3ccccc3c2)C(=O)S1. The van der Waals surface area contributed by atoms with Gasteiger partial charge in [-0.2, -0.15) is 0 Å². The molecule has 1 aliphatic rings. The molecule has 0 N–H and O–H groups in total. The first-order chi connectivity index (χ1) is 9.26. The van der Waals surface area contributed by atoms with Crippen molar-refractivity contribution in [3.63, 3.8) is 0 Å². The highest BCUT2D eigenvalue weighted by Crippen LogP contribution is 2.30. The van der Waals surface area contributed by atoms with Crippen LogP contribution in [0.25, 0.3) is 16.8 Å². The van der Waals surface area contributed by atoms with Gasteiger partial charge < -0.3 is 0 Å². The number of thioether (sulfide) groups is 2. The Morgan fingerprint density at radius 1 is 1.16 bits per heavy atom. The number of fused-ring (bicyclic) bond motifs is 1. The Kier molecular flexibility index (Phi) is 3.44. The number of nitrogens with zero attached hydrogens (tertiary/aromatic N) is 1. The first kappa shape index (κ1) is 12.5. The quantitative estimate of drug-likeness (QED) is 0.736. The second-order valence-electron chi connectivity index (χ2n) is 4.11. The van der Waals surface area contributed by atoms with Crippen LogP contribution < -0.4 is 0 Å². The van der Waals surface area contributed by atoms with E-state index in [0.717, 1.165) is 9.94 Å². The van der Waals surface area contributed by atoms with E-state index < -0.39 is 0 Å². The lowest BCUT2D eigenvalue weighted by atomic mass is 10.1. The third kappa shape index (κ3) is 2.60. The average Bonchev–Trinajstić information content (AvgIpc) is 2.79. The fraction of sp³-hybridized carbons (Fsp3) is 0.0667. The van der Waals surface area contributed by atoms with Crippen molar-refractivity contribution in [3.05, 3.63) is 53.7 Å². The van der Waals surface area contributed by atoms with Crippen molar-refractivity contribution >= 4 is 49.9 Å². The van der Waals surface area contributed by atoms with Gasteiger partial charge in [-0.05, 0) is 46.5 Å². The second kappa shape index (κ2) is 5.23. The zero-order chi connectivity index (χ0) is 13.2. The van der Waals surface area contributed by atoms with Gasteiger partial charge in [0.1, 0.15) is 10.1 Å². The maximum absolute atomic E-state index is 11.8. The van der Waals surface area contributed by atoms with Crippen molar-refractivity contribution in [1.29, 1.82) is 0 Å². The minimum Gasteiger partial charge on any atom is -0.279 e. The van der Waals surface area contributed by atoms with Gasteiger partial charge in [-0.25, -0.2) is 4.99 Å². The molecule has 2 nitrogen and oxygen atoms in total. The van der Waals surface area contributed by atoms with E-state index >= 15 is 0 Å². The van der Waals surface area contributed by atoms with Gasteiger partial charge in [0, 0.05) is 0 Å². The van der Waals surface area contributed by atoms with E-state index in [1.54, 1.807) is 0 Å². The van der Waals surface area contributed by atoms with Crippen LogP contribution in [-0.2, 0) is 4.79 Å². The number of aliphatic imine (C=N–C) groups is 1. The summed E-state index contributed by atoms with van der Waals surface area (Å²) in [6.07, 6.45) is 3.78. The van der Waals surface area contributed by atoms with E-state index in [-0.39, 0.29) is 5.12 Å². The summed E-state index contributed by atoms with van der Waals surface area (Å²) >= 11 is 2.71. The van der Waals surface area contributed by atoms with Gasteiger partial charge >= 0.3 is 0 Å². The molecular weight excluding hydrogens is 274 g/mol. The summed E-state index contributed by atoms with van der Waals surface area (Å²) < 4.78 is 0.817. The average molecular weight is 285 g/mol. The lowest BCUT2D eigenvalue weighted by molar-refractivity contribution is -0.107. The zero-order valence-electron chi connectivity index (χ0n) is 10.3. The van der Waals surface area contributed by atoms with Crippen LogP contribution in [0.1, 0.15) is 5.56 Å². The molecule has 19 heavy (non-hydrogen) atoms. The van der Waals surface area contributed by atoms with Crippen LogP contribution in [0.5, 0.6) is 0 Å². The minimum atomic E-state index is 0.0255. The highest BCUT2D eigenvalue weighted by atomic mass is 32.2. The number of hydrogen-bond donors (Lipinski definition) is 0. The van der Waals surface area contributed by atoms with Crippen molar-refractivity contribution in [2.24, 2.45) is 4.99 Å². The molecule has 2 aromatic rings. The molecule has 0 atom stereocenters. The zero-order valence-corrected chi connectivity index (χ0v) is 11.9. The lowest BCUT2D eigenvalue weighted by Crippen LogP contribution is -1.87. The second-order valence-corrected chi connectivity index (χ2v) is 6.12. The summed E-state index contributed by atoms with van der Waals surface area (Å²) in [4.78, 5) is 16.1. The van der Waals surface area contributed by atoms with Crippen molar-refractivity contribution in [3.8, 4) is 0 Å². The van der Waals surface area contributed by atoms with E-state index in [4.69, 9.17) is 0 Å². The Balaban J connectivity index is 2.01. The van der Waals surface area contributed by atoms with Crippen LogP contribution in [-0.4, -0.2) is 15.7 Å². The molecule has 0 amide bonds. The van der Waals surface area contributed by atoms with Gasteiger partial charge in [0.2, 0.25) is 5.12 Å². The van der Waals surface area contributed by atoms with Crippen molar-refractivity contribution in [2.75, 3.05) is 6.26 Å². The topological polar surface area (TPSA) is 29.4 Å². The summed E-state index contributed by atoms with van der Waals surface area (Å²) in [6, 6.07) is 14.3. The lowest BCUT2D eigenvalue weighted by Gasteiger charge is -1.99. The predicted molar refractivity (Wildman–Crippen MR) is 85.5 cm³/mol. The van der Waals surface area contributed by atoms with Crippen molar-refractivity contribution in [2.45, 2.75) is 0 Å². The largest absolute Gasteiger partial charge is 0.279 e. The van der Waals surface area contributed by atoms with Crippen LogP contribution in [0.2, 0.25) is 0 Å². The molecule has 94 valence electrons. The molecule has 2 aromatic carbocycles. The molecular formula is C15H11NOS2. The molecule has 0 saturated carbocycles. The van der Waals surface area contributed by atoms with Gasteiger partial charge in [0.05, 0.1) is 0 Å². The number of hydrogen-bond acceptors (Lipinski definition) is 4. The summed E-state index contributed by atoms with van der Waals surface area (Å²) in [5.41, 5.74) is 1.54. The molecule has 0 bridgehead atoms. The minimum absolute atomic E-state index is 0.0255. The van der Waals surface area contributed by atoms with Gasteiger partial charge in [0.25, 0.3) is 0 Å². The first-order valence-electron chi connectivity index (χ1n) is 5.81. The van der Waals surface area contributed by atoms with Crippen LogP contribution in [0.4, 0.5) is 0 Å². The molecule has 0 aromatic heterocycles. The van der Waals surface area contributed by atoms with E-state index in [9.17, 15) is 4.79 Å². The van der Waals surface area contributed by atoms with Crippen LogP contribution in [0.15, 0.2) is 53.2 Å². The first-order valence-corrected chi connectivity index (χ1v) is 7.86. The molecule has 3 rings (SSSR count). The molecule has 4 heteroatoms. The van der Waals surface area contributed by atoms with Gasteiger partial charge in [-0.15, -0.1) is 11.8 Å². The molecule has 0 saturated heterocycles. The van der Waals surface area contributed by atoms with Gasteiger partial charge in [-0.3, -0.25) is 4.79 Å². The normalized spacial score (nSPS) is 17.2. The van der Waals surface area contributed by atoms with Crippen molar-refractivity contribution in [1.82, 2.24) is 0 Å². The number of carbonyl (C=O) groups is 1. The Morgan fingerprint density at radius 2 is 1.95 bits per heavy atom. The Morgan fingerprint density at radius 3 is 2.68 bits per heavy atom. The number of benzene rings is 2. The molecule has 0 unspecified atom stereocenters. The summed E-state index contributed by atoms with van der Waals surface area (Å²) in [7, 11) is 0. The maximum atomic E-state index is 11.8. The van der Waals surface area contributed by atoms with E-state index in [2.05, 4.69) is 29.3 Å². The van der Waals surface area contributed by atoms with Crippen molar-refractivity contribution < 1.29 is 4.79 Å². The molecule has 0 spiro atoms. The third-order valence-corrected chi connectivity index (χ3v) is 4.70.